The summed E-state index contributed by atoms with van der Waals surface area (Å²) < 4.78 is 57.9. The summed E-state index contributed by atoms with van der Waals surface area (Å²) in [5.41, 5.74) is 1.29. The van der Waals surface area contributed by atoms with Gasteiger partial charge in [-0.1, -0.05) is 38.7 Å². The number of halogens is 2. The number of carbonyl (C=O) groups excluding carboxylic acids is 2. The lowest BCUT2D eigenvalue weighted by molar-refractivity contribution is -0.148. The maximum Gasteiger partial charge on any atom is 0.387 e. The Morgan fingerprint density at radius 2 is 2.00 bits per heavy atom. The standard InChI is InChI=1S/C30H30F2N4O3/c1-29(2,3)27(38)35-15-30(4,16-35)12-11-17-9-10-19-20(13-17)36-21-14-22(25(36)33-19)34(5)26(37)18-7-6-8-23(24(18)21)39-28(31)32/h6-10,13,21-22,28H,14-16H2,1-5H3/t21-,22-/m1/s1/i5D3. The molecule has 1 saturated heterocycles. The fraction of sp³-hybridized carbons (Fsp3) is 0.433. The van der Waals surface area contributed by atoms with Gasteiger partial charge in [0.1, 0.15) is 11.6 Å². The van der Waals surface area contributed by atoms with Crippen molar-refractivity contribution < 1.29 is 27.2 Å². The van der Waals surface area contributed by atoms with Crippen molar-refractivity contribution in [1.82, 2.24) is 19.4 Å². The Bertz CT molecular complexity index is 1690. The van der Waals surface area contributed by atoms with Crippen molar-refractivity contribution >= 4 is 22.8 Å². The van der Waals surface area contributed by atoms with E-state index in [1.807, 2.05) is 44.4 Å². The number of carbonyl (C=O) groups is 2. The van der Waals surface area contributed by atoms with Crippen molar-refractivity contribution in [1.29, 1.82) is 0 Å². The van der Waals surface area contributed by atoms with E-state index in [4.69, 9.17) is 13.8 Å². The number of rotatable bonds is 2. The number of amides is 2. The first kappa shape index (κ1) is 21.9. The summed E-state index contributed by atoms with van der Waals surface area (Å²) in [6.07, 6.45) is 0.143. The molecule has 3 aliphatic heterocycles. The number of fused-ring (bicyclic) bond motifs is 9. The molecule has 9 heteroatoms. The average molecular weight is 536 g/mol. The van der Waals surface area contributed by atoms with Crippen molar-refractivity contribution in [3.8, 4) is 17.6 Å². The van der Waals surface area contributed by atoms with Gasteiger partial charge in [0.2, 0.25) is 5.91 Å². The Balaban J connectivity index is 1.43. The third-order valence-corrected chi connectivity index (χ3v) is 7.67. The van der Waals surface area contributed by atoms with Crippen LogP contribution < -0.4 is 4.74 Å². The van der Waals surface area contributed by atoms with E-state index in [0.717, 1.165) is 4.90 Å². The normalized spacial score (nSPS) is 22.6. The van der Waals surface area contributed by atoms with Crippen molar-refractivity contribution in [2.45, 2.75) is 52.8 Å². The highest BCUT2D eigenvalue weighted by atomic mass is 19.3. The zero-order valence-corrected chi connectivity index (χ0v) is 22.1. The van der Waals surface area contributed by atoms with Gasteiger partial charge in [-0.25, -0.2) is 4.98 Å². The molecule has 39 heavy (non-hydrogen) atoms. The third-order valence-electron chi connectivity index (χ3n) is 7.67. The second-order valence-electron chi connectivity index (χ2n) is 11.8. The van der Waals surface area contributed by atoms with E-state index in [9.17, 15) is 18.4 Å². The maximum absolute atomic E-state index is 13.6. The number of benzene rings is 2. The summed E-state index contributed by atoms with van der Waals surface area (Å²) in [6, 6.07) is 8.07. The van der Waals surface area contributed by atoms with Crippen molar-refractivity contribution in [3.63, 3.8) is 0 Å². The molecule has 4 heterocycles. The van der Waals surface area contributed by atoms with Crippen LogP contribution in [0, 0.1) is 22.7 Å². The number of nitrogens with zero attached hydrogens (tertiary/aromatic N) is 4. The van der Waals surface area contributed by atoms with Gasteiger partial charge in [0.25, 0.3) is 5.91 Å². The van der Waals surface area contributed by atoms with Gasteiger partial charge in [-0.2, -0.15) is 8.78 Å². The van der Waals surface area contributed by atoms with Crippen LogP contribution in [0.2, 0.25) is 0 Å². The third kappa shape index (κ3) is 4.05. The molecule has 7 nitrogen and oxygen atoms in total. The Labute approximate surface area is 229 Å². The Hall–Kier alpha value is -3.93. The monoisotopic (exact) mass is 535 g/mol. The van der Waals surface area contributed by atoms with Crippen LogP contribution >= 0.6 is 0 Å². The van der Waals surface area contributed by atoms with Gasteiger partial charge >= 0.3 is 6.61 Å². The Morgan fingerprint density at radius 3 is 2.69 bits per heavy atom. The van der Waals surface area contributed by atoms with Gasteiger partial charge in [0.05, 0.1) is 28.5 Å². The summed E-state index contributed by atoms with van der Waals surface area (Å²) >= 11 is 0. The fourth-order valence-electron chi connectivity index (χ4n) is 5.90. The lowest BCUT2D eigenvalue weighted by atomic mass is 9.80. The van der Waals surface area contributed by atoms with Crippen LogP contribution in [-0.4, -0.2) is 57.8 Å². The van der Waals surface area contributed by atoms with E-state index in [-0.39, 0.29) is 34.6 Å². The van der Waals surface area contributed by atoms with E-state index in [2.05, 4.69) is 11.8 Å². The first-order valence-corrected chi connectivity index (χ1v) is 12.8. The highest BCUT2D eigenvalue weighted by Gasteiger charge is 2.45. The SMILES string of the molecule is [2H]C([2H])([2H])N1C(=O)c2cccc(OC(F)F)c2[C@H]2C[C@@H]1c1nc3ccc(C#CC4(C)CN(C(=O)C(C)(C)C)C4)cc3n12. The van der Waals surface area contributed by atoms with Crippen LogP contribution in [0.3, 0.4) is 0 Å². The second kappa shape index (κ2) is 8.54. The molecule has 3 aliphatic rings. The number of hydrogen-bond acceptors (Lipinski definition) is 4. The number of ether oxygens (including phenoxy) is 1. The highest BCUT2D eigenvalue weighted by Crippen LogP contribution is 2.50. The molecule has 0 unspecified atom stereocenters. The van der Waals surface area contributed by atoms with E-state index < -0.39 is 37.0 Å². The number of imidazole rings is 1. The first-order chi connectivity index (χ1) is 19.6. The summed E-state index contributed by atoms with van der Waals surface area (Å²) in [5, 5.41) is 0. The van der Waals surface area contributed by atoms with Gasteiger partial charge in [-0.3, -0.25) is 9.59 Å². The van der Waals surface area contributed by atoms with Crippen molar-refractivity contribution in [2.24, 2.45) is 10.8 Å². The van der Waals surface area contributed by atoms with Crippen LogP contribution in [0.5, 0.6) is 5.75 Å². The minimum Gasteiger partial charge on any atom is -0.434 e. The molecular weight excluding hydrogens is 502 g/mol. The lowest BCUT2D eigenvalue weighted by Crippen LogP contribution is -2.58. The molecule has 0 saturated carbocycles. The molecule has 3 aromatic rings. The first-order valence-electron chi connectivity index (χ1n) is 14.3. The molecule has 0 spiro atoms. The van der Waals surface area contributed by atoms with Crippen LogP contribution in [-0.2, 0) is 4.79 Å². The summed E-state index contributed by atoms with van der Waals surface area (Å²) in [4.78, 5) is 33.5. The highest BCUT2D eigenvalue weighted by molar-refractivity contribution is 5.98. The molecule has 0 N–H and O–H groups in total. The van der Waals surface area contributed by atoms with E-state index in [0.29, 0.717) is 35.5 Å². The summed E-state index contributed by atoms with van der Waals surface area (Å²) in [5.74, 6) is 6.01. The molecule has 6 rings (SSSR count). The van der Waals surface area contributed by atoms with Gasteiger partial charge in [0, 0.05) is 52.7 Å². The van der Waals surface area contributed by atoms with Crippen LogP contribution in [0.1, 0.15) is 77.6 Å². The number of alkyl halides is 2. The van der Waals surface area contributed by atoms with E-state index in [1.165, 1.54) is 18.2 Å². The van der Waals surface area contributed by atoms with Crippen LogP contribution in [0.25, 0.3) is 11.0 Å². The molecule has 2 atom stereocenters. The van der Waals surface area contributed by atoms with Crippen LogP contribution in [0.15, 0.2) is 36.4 Å². The quantitative estimate of drug-likeness (QED) is 0.433. The molecule has 202 valence electrons. The predicted molar refractivity (Wildman–Crippen MR) is 141 cm³/mol. The molecule has 1 fully saturated rings. The van der Waals surface area contributed by atoms with Gasteiger partial charge in [0.15, 0.2) is 0 Å². The maximum atomic E-state index is 13.6. The van der Waals surface area contributed by atoms with E-state index >= 15 is 0 Å². The molecule has 2 bridgehead atoms. The van der Waals surface area contributed by atoms with E-state index in [1.54, 1.807) is 11.0 Å². The van der Waals surface area contributed by atoms with Crippen molar-refractivity contribution in [2.75, 3.05) is 20.1 Å². The Morgan fingerprint density at radius 1 is 1.23 bits per heavy atom. The smallest absolute Gasteiger partial charge is 0.387 e. The largest absolute Gasteiger partial charge is 0.434 e. The number of aromatic nitrogens is 2. The molecule has 2 aromatic carbocycles. The second-order valence-corrected chi connectivity index (χ2v) is 11.8. The zero-order valence-electron chi connectivity index (χ0n) is 25.1. The fourth-order valence-corrected chi connectivity index (χ4v) is 5.90. The minimum absolute atomic E-state index is 0.00693. The summed E-state index contributed by atoms with van der Waals surface area (Å²) in [7, 11) is 0. The molecule has 0 radical (unpaired) electrons. The average Bonchev–Trinajstić information content (AvgIpc) is 3.36. The number of hydrogen-bond donors (Lipinski definition) is 0. The predicted octanol–water partition coefficient (Wildman–Crippen LogP) is 5.00. The zero-order chi connectivity index (χ0) is 30.4. The topological polar surface area (TPSA) is 67.7 Å². The Kier molecular flexibility index (Phi) is 4.80. The van der Waals surface area contributed by atoms with Crippen LogP contribution in [0.4, 0.5) is 8.78 Å². The summed E-state index contributed by atoms with van der Waals surface area (Å²) in [6.45, 7) is 2.82. The minimum atomic E-state index is -3.13. The number of likely N-dealkylation sites (tertiary alicyclic amines) is 1. The van der Waals surface area contributed by atoms with Crippen molar-refractivity contribution in [3.05, 3.63) is 58.9 Å². The van der Waals surface area contributed by atoms with Gasteiger partial charge in [-0.05, 0) is 37.3 Å². The van der Waals surface area contributed by atoms with Gasteiger partial charge in [-0.15, -0.1) is 0 Å². The molecule has 2 amide bonds. The molecule has 0 aliphatic carbocycles. The molecular formula is C30H30F2N4O3. The molecule has 1 aromatic heterocycles. The lowest BCUT2D eigenvalue weighted by Gasteiger charge is -2.47. The van der Waals surface area contributed by atoms with Gasteiger partial charge < -0.3 is 19.1 Å².